The van der Waals surface area contributed by atoms with Gasteiger partial charge in [-0.3, -0.25) is 0 Å². The summed E-state index contributed by atoms with van der Waals surface area (Å²) in [5, 5.41) is 2.00. The molecule has 0 aliphatic rings. The molecule has 0 bridgehead atoms. The zero-order valence-corrected chi connectivity index (χ0v) is 13.1. The molecule has 0 aliphatic carbocycles. The Morgan fingerprint density at radius 1 is 1.14 bits per heavy atom. The van der Waals surface area contributed by atoms with E-state index in [0.29, 0.717) is 18.8 Å². The van der Waals surface area contributed by atoms with Crippen molar-refractivity contribution in [2.24, 2.45) is 0 Å². The lowest BCUT2D eigenvalue weighted by Crippen LogP contribution is -2.30. The van der Waals surface area contributed by atoms with Gasteiger partial charge in [0.25, 0.3) is 0 Å². The number of carbonyl (C=O) groups excluding carboxylic acids is 1. The number of rotatable bonds is 5. The van der Waals surface area contributed by atoms with Gasteiger partial charge < -0.3 is 9.64 Å². The summed E-state index contributed by atoms with van der Waals surface area (Å²) in [4.78, 5) is 14.9. The topological polar surface area (TPSA) is 29.5 Å². The molecule has 0 unspecified atom stereocenters. The molecule has 3 nitrogen and oxygen atoms in total. The Morgan fingerprint density at radius 3 is 2.43 bits per heavy atom. The maximum atomic E-state index is 12.2. The highest BCUT2D eigenvalue weighted by Gasteiger charge is 2.15. The Balaban J connectivity index is 2.27. The third-order valence-electron chi connectivity index (χ3n) is 3.09. The van der Waals surface area contributed by atoms with Gasteiger partial charge in [0.2, 0.25) is 0 Å². The Bertz CT molecular complexity index is 587. The van der Waals surface area contributed by atoms with Crippen LogP contribution in [-0.2, 0) is 4.74 Å². The molecule has 1 amide bonds. The third kappa shape index (κ3) is 4.20. The first-order valence-electron chi connectivity index (χ1n) is 7.02. The Hall–Kier alpha value is -2.07. The van der Waals surface area contributed by atoms with Crippen LogP contribution in [0.3, 0.4) is 0 Å². The highest BCUT2D eigenvalue weighted by molar-refractivity contribution is 7.10. The first-order chi connectivity index (χ1) is 10.2. The highest BCUT2D eigenvalue weighted by Crippen LogP contribution is 2.22. The largest absolute Gasteiger partial charge is 0.415 e. The summed E-state index contributed by atoms with van der Waals surface area (Å²) in [6.07, 6.45) is 1.59. The normalized spacial score (nSPS) is 11.2. The SMILES string of the molecule is CCN(CC)C(=O)O/C(=C/c1cccs1)c1ccccc1. The van der Waals surface area contributed by atoms with E-state index in [4.69, 9.17) is 4.74 Å². The lowest BCUT2D eigenvalue weighted by molar-refractivity contribution is 0.148. The van der Waals surface area contributed by atoms with E-state index < -0.39 is 0 Å². The van der Waals surface area contributed by atoms with Crippen LogP contribution in [0.5, 0.6) is 0 Å². The van der Waals surface area contributed by atoms with Crippen LogP contribution >= 0.6 is 11.3 Å². The van der Waals surface area contributed by atoms with Crippen LogP contribution in [0.4, 0.5) is 4.79 Å². The number of nitrogens with zero attached hydrogens (tertiary/aromatic N) is 1. The minimum absolute atomic E-state index is 0.313. The van der Waals surface area contributed by atoms with Gasteiger partial charge in [0, 0.05) is 23.5 Å². The van der Waals surface area contributed by atoms with E-state index in [1.54, 1.807) is 16.2 Å². The smallest absolute Gasteiger partial charge is 0.410 e. The van der Waals surface area contributed by atoms with E-state index in [1.807, 2.05) is 67.8 Å². The number of hydrogen-bond donors (Lipinski definition) is 0. The monoisotopic (exact) mass is 301 g/mol. The minimum atomic E-state index is -0.313. The van der Waals surface area contributed by atoms with E-state index in [-0.39, 0.29) is 6.09 Å². The zero-order valence-electron chi connectivity index (χ0n) is 12.3. The highest BCUT2D eigenvalue weighted by atomic mass is 32.1. The van der Waals surface area contributed by atoms with Crippen molar-refractivity contribution >= 4 is 29.3 Å². The van der Waals surface area contributed by atoms with Crippen molar-refractivity contribution in [3.05, 3.63) is 58.3 Å². The van der Waals surface area contributed by atoms with E-state index >= 15 is 0 Å². The molecular weight excluding hydrogens is 282 g/mol. The molecule has 0 saturated carbocycles. The predicted molar refractivity (Wildman–Crippen MR) is 88.0 cm³/mol. The van der Waals surface area contributed by atoms with Gasteiger partial charge in [0.1, 0.15) is 5.76 Å². The standard InChI is InChI=1S/C17H19NO2S/c1-3-18(4-2)17(19)20-16(13-15-11-8-12-21-15)14-9-6-5-7-10-14/h5-13H,3-4H2,1-2H3/b16-13+. The second kappa shape index (κ2) is 7.64. The van der Waals surface area contributed by atoms with Crippen molar-refractivity contribution < 1.29 is 9.53 Å². The van der Waals surface area contributed by atoms with Gasteiger partial charge >= 0.3 is 6.09 Å². The fourth-order valence-electron chi connectivity index (χ4n) is 1.92. The fourth-order valence-corrected chi connectivity index (χ4v) is 2.56. The summed E-state index contributed by atoms with van der Waals surface area (Å²) < 4.78 is 5.61. The molecule has 0 radical (unpaired) electrons. The van der Waals surface area contributed by atoms with E-state index in [0.717, 1.165) is 10.4 Å². The number of ether oxygens (including phenoxy) is 1. The summed E-state index contributed by atoms with van der Waals surface area (Å²) >= 11 is 1.61. The van der Waals surface area contributed by atoms with Crippen molar-refractivity contribution in [1.82, 2.24) is 4.90 Å². The summed E-state index contributed by atoms with van der Waals surface area (Å²) in [7, 11) is 0. The number of thiophene rings is 1. The molecule has 0 aliphatic heterocycles. The molecule has 0 spiro atoms. The third-order valence-corrected chi connectivity index (χ3v) is 3.91. The van der Waals surface area contributed by atoms with Gasteiger partial charge in [-0.05, 0) is 31.4 Å². The van der Waals surface area contributed by atoms with Crippen LogP contribution in [0.1, 0.15) is 24.3 Å². The van der Waals surface area contributed by atoms with Gasteiger partial charge in [-0.1, -0.05) is 36.4 Å². The van der Waals surface area contributed by atoms with E-state index in [2.05, 4.69) is 0 Å². The maximum absolute atomic E-state index is 12.2. The van der Waals surface area contributed by atoms with Gasteiger partial charge in [-0.25, -0.2) is 4.79 Å². The molecule has 0 fully saturated rings. The van der Waals surface area contributed by atoms with Crippen molar-refractivity contribution in [1.29, 1.82) is 0 Å². The average Bonchev–Trinajstić information content (AvgIpc) is 3.02. The number of benzene rings is 1. The summed E-state index contributed by atoms with van der Waals surface area (Å²) in [5.41, 5.74) is 0.895. The van der Waals surface area contributed by atoms with E-state index in [1.165, 1.54) is 0 Å². The molecule has 4 heteroatoms. The fraction of sp³-hybridized carbons (Fsp3) is 0.235. The predicted octanol–water partition coefficient (Wildman–Crippen LogP) is 4.72. The summed E-state index contributed by atoms with van der Waals surface area (Å²) in [5.74, 6) is 0.579. The molecule has 0 N–H and O–H groups in total. The van der Waals surface area contributed by atoms with Gasteiger partial charge in [-0.2, -0.15) is 0 Å². The number of amides is 1. The molecule has 110 valence electrons. The molecular formula is C17H19NO2S. The van der Waals surface area contributed by atoms with Crippen molar-refractivity contribution in [3.8, 4) is 0 Å². The average molecular weight is 301 g/mol. The molecule has 2 rings (SSSR count). The van der Waals surface area contributed by atoms with Crippen LogP contribution in [0.2, 0.25) is 0 Å². The maximum Gasteiger partial charge on any atom is 0.415 e. The number of hydrogen-bond acceptors (Lipinski definition) is 3. The van der Waals surface area contributed by atoms with Crippen molar-refractivity contribution in [2.75, 3.05) is 13.1 Å². The summed E-state index contributed by atoms with van der Waals surface area (Å²) in [6, 6.07) is 13.7. The Labute approximate surface area is 129 Å². The lowest BCUT2D eigenvalue weighted by atomic mass is 10.2. The van der Waals surface area contributed by atoms with Crippen LogP contribution in [0.25, 0.3) is 11.8 Å². The number of carbonyl (C=O) groups is 1. The zero-order chi connectivity index (χ0) is 15.1. The Morgan fingerprint density at radius 2 is 1.86 bits per heavy atom. The second-order valence-electron chi connectivity index (χ2n) is 4.43. The first-order valence-corrected chi connectivity index (χ1v) is 7.90. The van der Waals surface area contributed by atoms with Crippen LogP contribution in [-0.4, -0.2) is 24.1 Å². The van der Waals surface area contributed by atoms with Crippen LogP contribution < -0.4 is 0 Å². The van der Waals surface area contributed by atoms with Gasteiger partial charge in [-0.15, -0.1) is 11.3 Å². The Kier molecular flexibility index (Phi) is 5.58. The molecule has 2 aromatic rings. The van der Waals surface area contributed by atoms with Gasteiger partial charge in [0.05, 0.1) is 0 Å². The van der Waals surface area contributed by atoms with Gasteiger partial charge in [0.15, 0.2) is 0 Å². The van der Waals surface area contributed by atoms with Crippen LogP contribution in [0.15, 0.2) is 47.8 Å². The molecule has 0 saturated heterocycles. The second-order valence-corrected chi connectivity index (χ2v) is 5.41. The molecule has 21 heavy (non-hydrogen) atoms. The molecule has 1 aromatic heterocycles. The minimum Gasteiger partial charge on any atom is -0.410 e. The molecule has 1 aromatic carbocycles. The van der Waals surface area contributed by atoms with E-state index in [9.17, 15) is 4.79 Å². The lowest BCUT2D eigenvalue weighted by Gasteiger charge is -2.19. The first kappa shape index (κ1) is 15.3. The molecule has 1 heterocycles. The quantitative estimate of drug-likeness (QED) is 0.748. The summed E-state index contributed by atoms with van der Waals surface area (Å²) in [6.45, 7) is 5.15. The van der Waals surface area contributed by atoms with Crippen molar-refractivity contribution in [2.45, 2.75) is 13.8 Å². The van der Waals surface area contributed by atoms with Crippen LogP contribution in [0, 0.1) is 0 Å². The van der Waals surface area contributed by atoms with Crippen molar-refractivity contribution in [3.63, 3.8) is 0 Å². The molecule has 0 atom stereocenters.